The fourth-order valence-electron chi connectivity index (χ4n) is 2.35. The molecule has 0 spiro atoms. The van der Waals surface area contributed by atoms with Crippen molar-refractivity contribution >= 4 is 8.07 Å². The highest BCUT2D eigenvalue weighted by Crippen LogP contribution is 2.21. The Morgan fingerprint density at radius 3 is 2.57 bits per heavy atom. The Morgan fingerprint density at radius 1 is 1.29 bits per heavy atom. The zero-order valence-electron chi connectivity index (χ0n) is 9.92. The number of nitrogens with zero attached hydrogens (tertiary/aromatic N) is 1. The fourth-order valence-corrected chi connectivity index (χ4v) is 3.99. The van der Waals surface area contributed by atoms with Gasteiger partial charge in [-0.3, -0.25) is 0 Å². The molecule has 0 aliphatic carbocycles. The third-order valence-electron chi connectivity index (χ3n) is 2.89. The molecular weight excluding hydrogens is 190 g/mol. The van der Waals surface area contributed by atoms with Crippen LogP contribution in [0, 0.1) is 0 Å². The van der Waals surface area contributed by atoms with Gasteiger partial charge in [0.15, 0.2) is 0 Å². The molecule has 0 bridgehead atoms. The van der Waals surface area contributed by atoms with Crippen molar-refractivity contribution in [3.63, 3.8) is 0 Å². The van der Waals surface area contributed by atoms with Crippen molar-refractivity contribution in [1.82, 2.24) is 4.90 Å². The zero-order valence-corrected chi connectivity index (χ0v) is 10.9. The smallest absolute Gasteiger partial charge is 0.0599 e. The van der Waals surface area contributed by atoms with Gasteiger partial charge in [-0.05, 0) is 32.0 Å². The minimum atomic E-state index is -0.971. The third kappa shape index (κ3) is 4.11. The number of piperidine rings is 1. The van der Waals surface area contributed by atoms with Gasteiger partial charge in [-0.1, -0.05) is 26.1 Å². The van der Waals surface area contributed by atoms with Crippen LogP contribution in [0.25, 0.3) is 0 Å². The highest BCUT2D eigenvalue weighted by molar-refractivity contribution is 6.76. The summed E-state index contributed by atoms with van der Waals surface area (Å²) in [7, 11) is -0.971. The molecule has 3 heteroatoms. The Bertz CT molecular complexity index is 165. The Morgan fingerprint density at radius 2 is 2.00 bits per heavy atom. The molecule has 1 aliphatic heterocycles. The van der Waals surface area contributed by atoms with Crippen LogP contribution in [0.2, 0.25) is 19.6 Å². The van der Waals surface area contributed by atoms with E-state index in [-0.39, 0.29) is 0 Å². The maximum absolute atomic E-state index is 9.02. The minimum Gasteiger partial charge on any atom is -0.396 e. The van der Waals surface area contributed by atoms with Crippen LogP contribution in [-0.4, -0.2) is 43.4 Å². The van der Waals surface area contributed by atoms with Crippen LogP contribution in [0.3, 0.4) is 0 Å². The molecule has 1 N–H and O–H groups in total. The molecule has 0 aromatic rings. The Kier molecular flexibility index (Phi) is 4.61. The van der Waals surface area contributed by atoms with E-state index in [1.807, 2.05) is 0 Å². The van der Waals surface area contributed by atoms with Crippen molar-refractivity contribution in [2.75, 3.05) is 19.3 Å². The van der Waals surface area contributed by atoms with Gasteiger partial charge in [0, 0.05) is 12.6 Å². The first-order chi connectivity index (χ1) is 6.53. The number of hydrogen-bond donors (Lipinski definition) is 1. The van der Waals surface area contributed by atoms with Gasteiger partial charge >= 0.3 is 0 Å². The molecule has 0 aromatic carbocycles. The van der Waals surface area contributed by atoms with Crippen LogP contribution in [0.15, 0.2) is 0 Å². The average molecular weight is 215 g/mol. The summed E-state index contributed by atoms with van der Waals surface area (Å²) < 4.78 is 0. The second-order valence-corrected chi connectivity index (χ2v) is 11.1. The largest absolute Gasteiger partial charge is 0.396 e. The van der Waals surface area contributed by atoms with E-state index in [4.69, 9.17) is 5.11 Å². The summed E-state index contributed by atoms with van der Waals surface area (Å²) in [4.78, 5) is 2.63. The summed E-state index contributed by atoms with van der Waals surface area (Å²) in [6.07, 6.45) is 6.28. The molecule has 1 aliphatic rings. The summed E-state index contributed by atoms with van der Waals surface area (Å²) in [5, 5.41) is 9.02. The average Bonchev–Trinajstić information content (AvgIpc) is 2.06. The molecule has 1 atom stereocenters. The lowest BCUT2D eigenvalue weighted by Crippen LogP contribution is -2.48. The van der Waals surface area contributed by atoms with E-state index in [0.29, 0.717) is 12.6 Å². The molecule has 14 heavy (non-hydrogen) atoms. The molecular formula is C11H25NOSi. The molecule has 0 aromatic heterocycles. The van der Waals surface area contributed by atoms with Gasteiger partial charge in [0.2, 0.25) is 0 Å². The first kappa shape index (κ1) is 12.2. The predicted molar refractivity (Wildman–Crippen MR) is 64.3 cm³/mol. The van der Waals surface area contributed by atoms with Gasteiger partial charge in [0.25, 0.3) is 0 Å². The lowest BCUT2D eigenvalue weighted by molar-refractivity contribution is 0.136. The van der Waals surface area contributed by atoms with Crippen molar-refractivity contribution in [1.29, 1.82) is 0 Å². The van der Waals surface area contributed by atoms with Crippen molar-refractivity contribution in [2.24, 2.45) is 0 Å². The van der Waals surface area contributed by atoms with Crippen LogP contribution >= 0.6 is 0 Å². The van der Waals surface area contributed by atoms with Crippen molar-refractivity contribution in [3.05, 3.63) is 0 Å². The maximum Gasteiger partial charge on any atom is 0.0599 e. The molecule has 0 amide bonds. The summed E-state index contributed by atoms with van der Waals surface area (Å²) in [5.41, 5.74) is 0. The standard InChI is InChI=1S/C11H25NOSi/c1-14(2,3)10-12-8-5-4-6-11(12)7-9-13/h11,13H,4-10H2,1-3H3. The van der Waals surface area contributed by atoms with E-state index >= 15 is 0 Å². The molecule has 2 nitrogen and oxygen atoms in total. The molecule has 0 saturated carbocycles. The second kappa shape index (κ2) is 5.28. The van der Waals surface area contributed by atoms with E-state index in [0.717, 1.165) is 6.42 Å². The number of hydrogen-bond acceptors (Lipinski definition) is 2. The SMILES string of the molecule is C[Si](C)(C)CN1CCCCC1CCO. The normalized spacial score (nSPS) is 25.3. The minimum absolute atomic E-state index is 0.354. The lowest BCUT2D eigenvalue weighted by atomic mass is 10.0. The maximum atomic E-state index is 9.02. The van der Waals surface area contributed by atoms with E-state index in [1.165, 1.54) is 32.0 Å². The third-order valence-corrected chi connectivity index (χ3v) is 4.24. The first-order valence-corrected chi connectivity index (χ1v) is 9.58. The monoisotopic (exact) mass is 215 g/mol. The Hall–Kier alpha value is 0.137. The summed E-state index contributed by atoms with van der Waals surface area (Å²) in [6, 6.07) is 0.667. The van der Waals surface area contributed by atoms with Crippen molar-refractivity contribution < 1.29 is 5.11 Å². The molecule has 84 valence electrons. The summed E-state index contributed by atoms with van der Waals surface area (Å²) in [5.74, 6) is 0. The van der Waals surface area contributed by atoms with Gasteiger partial charge < -0.3 is 10.0 Å². The van der Waals surface area contributed by atoms with Gasteiger partial charge in [-0.15, -0.1) is 0 Å². The van der Waals surface area contributed by atoms with Crippen LogP contribution in [0.4, 0.5) is 0 Å². The highest BCUT2D eigenvalue weighted by atomic mass is 28.3. The zero-order chi connectivity index (χ0) is 10.6. The topological polar surface area (TPSA) is 23.5 Å². The fraction of sp³-hybridized carbons (Fsp3) is 1.00. The van der Waals surface area contributed by atoms with Gasteiger partial charge in [0.05, 0.1) is 8.07 Å². The predicted octanol–water partition coefficient (Wildman–Crippen LogP) is 2.10. The number of rotatable bonds is 4. The summed E-state index contributed by atoms with van der Waals surface area (Å²) >= 11 is 0. The van der Waals surface area contributed by atoms with Crippen LogP contribution in [0.1, 0.15) is 25.7 Å². The van der Waals surface area contributed by atoms with E-state index in [2.05, 4.69) is 24.5 Å². The van der Waals surface area contributed by atoms with Crippen LogP contribution in [-0.2, 0) is 0 Å². The molecule has 1 fully saturated rings. The molecule has 0 radical (unpaired) electrons. The van der Waals surface area contributed by atoms with Gasteiger partial charge in [-0.25, -0.2) is 0 Å². The van der Waals surface area contributed by atoms with E-state index in [9.17, 15) is 0 Å². The molecule has 1 unspecified atom stereocenters. The van der Waals surface area contributed by atoms with Crippen molar-refractivity contribution in [2.45, 2.75) is 51.4 Å². The Balaban J connectivity index is 2.45. The van der Waals surface area contributed by atoms with Gasteiger partial charge in [-0.2, -0.15) is 0 Å². The quantitative estimate of drug-likeness (QED) is 0.726. The molecule has 1 heterocycles. The van der Waals surface area contributed by atoms with Crippen molar-refractivity contribution in [3.8, 4) is 0 Å². The highest BCUT2D eigenvalue weighted by Gasteiger charge is 2.26. The first-order valence-electron chi connectivity index (χ1n) is 5.88. The second-order valence-electron chi connectivity index (χ2n) is 5.69. The van der Waals surface area contributed by atoms with Crippen LogP contribution < -0.4 is 0 Å². The lowest BCUT2D eigenvalue weighted by Gasteiger charge is -2.38. The van der Waals surface area contributed by atoms with Gasteiger partial charge in [0.1, 0.15) is 0 Å². The number of aliphatic hydroxyl groups is 1. The van der Waals surface area contributed by atoms with Crippen LogP contribution in [0.5, 0.6) is 0 Å². The summed E-state index contributed by atoms with van der Waals surface area (Å²) in [6.45, 7) is 8.90. The molecule has 1 saturated heterocycles. The Labute approximate surface area is 89.3 Å². The number of likely N-dealkylation sites (tertiary alicyclic amines) is 1. The van der Waals surface area contributed by atoms with E-state index < -0.39 is 8.07 Å². The van der Waals surface area contributed by atoms with E-state index in [1.54, 1.807) is 0 Å². The molecule has 1 rings (SSSR count). The number of aliphatic hydroxyl groups excluding tert-OH is 1.